The molecule has 8 heteroatoms. The lowest BCUT2D eigenvalue weighted by molar-refractivity contribution is -0.115. The number of anilines is 1. The van der Waals surface area contributed by atoms with E-state index in [1.807, 2.05) is 18.2 Å². The first-order valence-corrected chi connectivity index (χ1v) is 9.15. The summed E-state index contributed by atoms with van der Waals surface area (Å²) in [4.78, 5) is 23.5. The molecule has 0 saturated carbocycles. The second kappa shape index (κ2) is 9.48. The van der Waals surface area contributed by atoms with E-state index >= 15 is 0 Å². The van der Waals surface area contributed by atoms with Crippen LogP contribution in [-0.4, -0.2) is 24.0 Å². The molecule has 0 saturated heterocycles. The van der Waals surface area contributed by atoms with Gasteiger partial charge in [-0.3, -0.25) is 9.59 Å². The first-order chi connectivity index (χ1) is 13.3. The van der Waals surface area contributed by atoms with Gasteiger partial charge in [0, 0.05) is 23.1 Å². The molecule has 0 aromatic heterocycles. The van der Waals surface area contributed by atoms with E-state index in [2.05, 4.69) is 5.32 Å². The summed E-state index contributed by atoms with van der Waals surface area (Å²) in [7, 11) is 1.41. The lowest BCUT2D eigenvalue weighted by Crippen LogP contribution is -2.12. The molecule has 144 valence electrons. The van der Waals surface area contributed by atoms with Gasteiger partial charge in [0.15, 0.2) is 11.5 Å². The minimum Gasteiger partial charge on any atom is -0.504 e. The SMILES string of the molecule is COc1cc(/C=C(/C#N)C(N)=O)cc(CSc2ccccc2NC(C)=O)c1O. The van der Waals surface area contributed by atoms with Crippen LogP contribution in [-0.2, 0) is 15.3 Å². The third-order valence-electron chi connectivity index (χ3n) is 3.67. The maximum atomic E-state index is 11.4. The summed E-state index contributed by atoms with van der Waals surface area (Å²) >= 11 is 1.41. The zero-order chi connectivity index (χ0) is 20.7. The van der Waals surface area contributed by atoms with E-state index in [1.54, 1.807) is 18.2 Å². The van der Waals surface area contributed by atoms with Gasteiger partial charge in [0.1, 0.15) is 11.6 Å². The van der Waals surface area contributed by atoms with Crippen molar-refractivity contribution in [3.63, 3.8) is 0 Å². The maximum Gasteiger partial charge on any atom is 0.259 e. The number of ether oxygens (including phenoxy) is 1. The number of phenols is 1. The monoisotopic (exact) mass is 397 g/mol. The van der Waals surface area contributed by atoms with Crippen LogP contribution in [0.5, 0.6) is 11.5 Å². The molecule has 0 unspecified atom stereocenters. The highest BCUT2D eigenvalue weighted by atomic mass is 32.2. The fourth-order valence-corrected chi connectivity index (χ4v) is 3.38. The Morgan fingerprint density at radius 2 is 2.07 bits per heavy atom. The van der Waals surface area contributed by atoms with E-state index in [-0.39, 0.29) is 23.0 Å². The molecule has 2 rings (SSSR count). The Morgan fingerprint density at radius 3 is 2.68 bits per heavy atom. The number of nitrogens with zero attached hydrogens (tertiary/aromatic N) is 1. The Bertz CT molecular complexity index is 980. The van der Waals surface area contributed by atoms with Crippen LogP contribution in [0.1, 0.15) is 18.1 Å². The molecule has 0 fully saturated rings. The van der Waals surface area contributed by atoms with Crippen LogP contribution >= 0.6 is 11.8 Å². The van der Waals surface area contributed by atoms with Gasteiger partial charge in [0.05, 0.1) is 12.8 Å². The van der Waals surface area contributed by atoms with Crippen LogP contribution < -0.4 is 15.8 Å². The van der Waals surface area contributed by atoms with Crippen molar-refractivity contribution in [1.29, 1.82) is 5.26 Å². The molecule has 2 aromatic carbocycles. The number of carbonyl (C=O) groups excluding carboxylic acids is 2. The van der Waals surface area contributed by atoms with E-state index in [9.17, 15) is 14.7 Å². The molecule has 0 aliphatic heterocycles. The summed E-state index contributed by atoms with van der Waals surface area (Å²) in [6, 6.07) is 12.2. The van der Waals surface area contributed by atoms with Crippen molar-refractivity contribution in [3.05, 3.63) is 53.1 Å². The van der Waals surface area contributed by atoms with Crippen LogP contribution in [0.25, 0.3) is 6.08 Å². The summed E-state index contributed by atoms with van der Waals surface area (Å²) in [5.41, 5.74) is 6.67. The lowest BCUT2D eigenvalue weighted by Gasteiger charge is -2.13. The summed E-state index contributed by atoms with van der Waals surface area (Å²) in [6.07, 6.45) is 1.34. The molecule has 0 radical (unpaired) electrons. The van der Waals surface area contributed by atoms with Gasteiger partial charge in [0.25, 0.3) is 5.91 Å². The number of amides is 2. The minimum atomic E-state index is -0.838. The van der Waals surface area contributed by atoms with Gasteiger partial charge in [-0.1, -0.05) is 12.1 Å². The number of aromatic hydroxyl groups is 1. The molecule has 0 atom stereocenters. The smallest absolute Gasteiger partial charge is 0.259 e. The van der Waals surface area contributed by atoms with Crippen LogP contribution in [0.4, 0.5) is 5.69 Å². The maximum absolute atomic E-state index is 11.4. The quantitative estimate of drug-likeness (QED) is 0.375. The summed E-state index contributed by atoms with van der Waals surface area (Å²) in [6.45, 7) is 1.43. The Balaban J connectivity index is 2.36. The molecule has 0 aliphatic carbocycles. The summed E-state index contributed by atoms with van der Waals surface area (Å²) < 4.78 is 5.19. The molecule has 4 N–H and O–H groups in total. The van der Waals surface area contributed by atoms with E-state index in [1.165, 1.54) is 37.9 Å². The predicted molar refractivity (Wildman–Crippen MR) is 108 cm³/mol. The van der Waals surface area contributed by atoms with Crippen LogP contribution in [0.15, 0.2) is 46.9 Å². The predicted octanol–water partition coefficient (Wildman–Crippen LogP) is 3.04. The van der Waals surface area contributed by atoms with Crippen molar-refractivity contribution in [3.8, 4) is 17.6 Å². The average Bonchev–Trinajstić information content (AvgIpc) is 2.66. The molecular weight excluding hydrogens is 378 g/mol. The fourth-order valence-electron chi connectivity index (χ4n) is 2.40. The van der Waals surface area contributed by atoms with Gasteiger partial charge in [-0.15, -0.1) is 11.8 Å². The van der Waals surface area contributed by atoms with Crippen molar-refractivity contribution in [2.75, 3.05) is 12.4 Å². The number of para-hydroxylation sites is 1. The molecule has 28 heavy (non-hydrogen) atoms. The van der Waals surface area contributed by atoms with Crippen molar-refractivity contribution < 1.29 is 19.4 Å². The highest BCUT2D eigenvalue weighted by Crippen LogP contribution is 2.37. The van der Waals surface area contributed by atoms with Crippen molar-refractivity contribution >= 4 is 35.3 Å². The molecule has 0 bridgehead atoms. The second-order valence-corrected chi connectivity index (χ2v) is 6.75. The first kappa shape index (κ1) is 20.9. The second-order valence-electron chi connectivity index (χ2n) is 5.73. The Labute approximate surface area is 166 Å². The van der Waals surface area contributed by atoms with Crippen LogP contribution in [0.3, 0.4) is 0 Å². The highest BCUT2D eigenvalue weighted by Gasteiger charge is 2.13. The number of hydrogen-bond acceptors (Lipinski definition) is 6. The zero-order valence-corrected chi connectivity index (χ0v) is 16.2. The van der Waals surface area contributed by atoms with E-state index in [0.717, 1.165) is 4.90 Å². The molecule has 0 heterocycles. The average molecular weight is 397 g/mol. The van der Waals surface area contributed by atoms with Gasteiger partial charge < -0.3 is 20.9 Å². The number of rotatable bonds is 7. The van der Waals surface area contributed by atoms with E-state index in [0.29, 0.717) is 22.6 Å². The normalized spacial score (nSPS) is 10.8. The number of benzene rings is 2. The van der Waals surface area contributed by atoms with E-state index in [4.69, 9.17) is 15.7 Å². The Morgan fingerprint density at radius 1 is 1.36 bits per heavy atom. The molecule has 2 aromatic rings. The molecule has 0 aliphatic rings. The summed E-state index contributed by atoms with van der Waals surface area (Å²) in [5.74, 6) is -0.489. The largest absolute Gasteiger partial charge is 0.504 e. The first-order valence-electron chi connectivity index (χ1n) is 8.16. The summed E-state index contributed by atoms with van der Waals surface area (Å²) in [5, 5.41) is 22.2. The van der Waals surface area contributed by atoms with Crippen LogP contribution in [0.2, 0.25) is 0 Å². The van der Waals surface area contributed by atoms with Gasteiger partial charge in [-0.05, 0) is 35.9 Å². The number of thioether (sulfide) groups is 1. The van der Waals surface area contributed by atoms with Crippen molar-refractivity contribution in [2.45, 2.75) is 17.6 Å². The third kappa shape index (κ3) is 5.28. The van der Waals surface area contributed by atoms with E-state index < -0.39 is 5.91 Å². The number of carbonyl (C=O) groups is 2. The third-order valence-corrected chi connectivity index (χ3v) is 4.80. The van der Waals surface area contributed by atoms with Gasteiger partial charge in [-0.25, -0.2) is 0 Å². The molecule has 7 nitrogen and oxygen atoms in total. The number of methoxy groups -OCH3 is 1. The number of phenolic OH excluding ortho intramolecular Hbond substituents is 1. The zero-order valence-electron chi connectivity index (χ0n) is 15.4. The number of nitrogens with one attached hydrogen (secondary N) is 1. The standard InChI is InChI=1S/C20H19N3O4S/c1-12(24)23-16-5-3-4-6-18(16)28-11-15-8-13(7-14(10-21)20(22)26)9-17(27-2)19(15)25/h3-9,25H,11H2,1-2H3,(H2,22,26)(H,23,24)/b14-7-. The molecular formula is C20H19N3O4S. The number of nitrogens with two attached hydrogens (primary N) is 1. The van der Waals surface area contributed by atoms with Crippen LogP contribution in [0, 0.1) is 11.3 Å². The number of hydrogen-bond donors (Lipinski definition) is 3. The van der Waals surface area contributed by atoms with Crippen molar-refractivity contribution in [1.82, 2.24) is 0 Å². The number of primary amides is 1. The lowest BCUT2D eigenvalue weighted by atomic mass is 10.1. The molecule has 0 spiro atoms. The van der Waals surface area contributed by atoms with Gasteiger partial charge in [0.2, 0.25) is 5.91 Å². The highest BCUT2D eigenvalue weighted by molar-refractivity contribution is 7.98. The van der Waals surface area contributed by atoms with Gasteiger partial charge in [-0.2, -0.15) is 5.26 Å². The Hall–Kier alpha value is -3.44. The molecule has 2 amide bonds. The van der Waals surface area contributed by atoms with Gasteiger partial charge >= 0.3 is 0 Å². The number of nitriles is 1. The topological polar surface area (TPSA) is 125 Å². The fraction of sp³-hybridized carbons (Fsp3) is 0.150. The minimum absolute atomic E-state index is 0.0401. The van der Waals surface area contributed by atoms with Crippen molar-refractivity contribution in [2.24, 2.45) is 5.73 Å². The Kier molecular flexibility index (Phi) is 7.07.